The summed E-state index contributed by atoms with van der Waals surface area (Å²) in [7, 11) is -3.89. The molecule has 1 aliphatic heterocycles. The third kappa shape index (κ3) is 4.03. The average molecular weight is 407 g/mol. The minimum Gasteiger partial charge on any atom is -0.326 e. The van der Waals surface area contributed by atoms with Crippen LogP contribution in [0.4, 0.5) is 13.2 Å². The lowest BCUT2D eigenvalue weighted by molar-refractivity contribution is -0.137. The van der Waals surface area contributed by atoms with Crippen LogP contribution in [-0.4, -0.2) is 31.9 Å². The SMILES string of the molecule is Cl.N[C@@H]1CN(S(=O)(=O)c2ccc(C(F)(F)F)cc2)C[C@H]1c1ccccc1. The van der Waals surface area contributed by atoms with Gasteiger partial charge in [0.15, 0.2) is 0 Å². The first-order chi connectivity index (χ1) is 11.7. The second-order valence-corrected chi connectivity index (χ2v) is 7.96. The molecule has 1 fully saturated rings. The Kier molecular flexibility index (Phi) is 6.02. The van der Waals surface area contributed by atoms with Crippen molar-refractivity contribution in [2.75, 3.05) is 13.1 Å². The molecule has 4 nitrogen and oxygen atoms in total. The van der Waals surface area contributed by atoms with E-state index in [4.69, 9.17) is 5.73 Å². The summed E-state index contributed by atoms with van der Waals surface area (Å²) >= 11 is 0. The molecule has 1 heterocycles. The van der Waals surface area contributed by atoms with Gasteiger partial charge in [0.05, 0.1) is 10.5 Å². The third-order valence-electron chi connectivity index (χ3n) is 4.38. The molecule has 2 atom stereocenters. The van der Waals surface area contributed by atoms with E-state index in [-0.39, 0.29) is 42.4 Å². The third-order valence-corrected chi connectivity index (χ3v) is 6.22. The van der Waals surface area contributed by atoms with Gasteiger partial charge in [0.25, 0.3) is 0 Å². The van der Waals surface area contributed by atoms with Gasteiger partial charge in [0, 0.05) is 25.0 Å². The standard InChI is InChI=1S/C17H17F3N2O2S.ClH/c18-17(19,20)13-6-8-14(9-7-13)25(23,24)22-10-15(16(21)11-22)12-4-2-1-3-5-12;/h1-9,15-16H,10-11,21H2;1H/t15-,16+;/m0./s1. The molecular weight excluding hydrogens is 389 g/mol. The lowest BCUT2D eigenvalue weighted by atomic mass is 9.95. The maximum atomic E-state index is 12.7. The fourth-order valence-corrected chi connectivity index (χ4v) is 4.51. The zero-order valence-corrected chi connectivity index (χ0v) is 15.2. The van der Waals surface area contributed by atoms with E-state index in [0.29, 0.717) is 0 Å². The number of nitrogens with zero attached hydrogens (tertiary/aromatic N) is 1. The van der Waals surface area contributed by atoms with Crippen LogP contribution in [0.15, 0.2) is 59.5 Å². The minimum atomic E-state index is -4.50. The van der Waals surface area contributed by atoms with Crippen molar-refractivity contribution >= 4 is 22.4 Å². The number of halogens is 4. The van der Waals surface area contributed by atoms with Gasteiger partial charge in [-0.3, -0.25) is 0 Å². The number of rotatable bonds is 3. The number of nitrogens with two attached hydrogens (primary N) is 1. The molecular formula is C17H18ClF3N2O2S. The molecule has 2 aromatic carbocycles. The molecule has 9 heteroatoms. The number of sulfonamides is 1. The first-order valence-electron chi connectivity index (χ1n) is 7.67. The number of benzene rings is 2. The van der Waals surface area contributed by atoms with Crippen LogP contribution in [0.5, 0.6) is 0 Å². The Hall–Kier alpha value is -1.61. The quantitative estimate of drug-likeness (QED) is 0.851. The molecule has 3 rings (SSSR count). The Bertz CT molecular complexity index is 843. The molecule has 142 valence electrons. The van der Waals surface area contributed by atoms with Crippen molar-refractivity contribution in [3.8, 4) is 0 Å². The van der Waals surface area contributed by atoms with Gasteiger partial charge in [-0.05, 0) is 29.8 Å². The fourth-order valence-electron chi connectivity index (χ4n) is 3.01. The molecule has 0 aliphatic carbocycles. The van der Waals surface area contributed by atoms with Gasteiger partial charge in [0.2, 0.25) is 10.0 Å². The van der Waals surface area contributed by atoms with Crippen molar-refractivity contribution in [3.63, 3.8) is 0 Å². The average Bonchev–Trinajstić information content (AvgIpc) is 2.98. The minimum absolute atomic E-state index is 0. The molecule has 0 saturated carbocycles. The van der Waals surface area contributed by atoms with Crippen LogP contribution < -0.4 is 5.73 Å². The molecule has 2 N–H and O–H groups in total. The van der Waals surface area contributed by atoms with E-state index in [9.17, 15) is 21.6 Å². The zero-order valence-electron chi connectivity index (χ0n) is 13.6. The Morgan fingerprint density at radius 3 is 2.08 bits per heavy atom. The monoisotopic (exact) mass is 406 g/mol. The van der Waals surface area contributed by atoms with Crippen LogP contribution in [0, 0.1) is 0 Å². The van der Waals surface area contributed by atoms with Crippen LogP contribution in [0.2, 0.25) is 0 Å². The predicted octanol–water partition coefficient (Wildman–Crippen LogP) is 3.24. The fraction of sp³-hybridized carbons (Fsp3) is 0.294. The highest BCUT2D eigenvalue weighted by atomic mass is 35.5. The van der Waals surface area contributed by atoms with E-state index in [2.05, 4.69) is 0 Å². The largest absolute Gasteiger partial charge is 0.416 e. The van der Waals surface area contributed by atoms with Gasteiger partial charge in [0.1, 0.15) is 0 Å². The van der Waals surface area contributed by atoms with Crippen molar-refractivity contribution in [2.24, 2.45) is 5.73 Å². The molecule has 2 aromatic rings. The lowest BCUT2D eigenvalue weighted by Gasteiger charge is -2.17. The van der Waals surface area contributed by atoms with Crippen LogP contribution in [0.3, 0.4) is 0 Å². The Balaban J connectivity index is 0.00000243. The van der Waals surface area contributed by atoms with Gasteiger partial charge in [-0.15, -0.1) is 12.4 Å². The molecule has 1 saturated heterocycles. The predicted molar refractivity (Wildman–Crippen MR) is 94.6 cm³/mol. The van der Waals surface area contributed by atoms with Gasteiger partial charge in [-0.2, -0.15) is 17.5 Å². The highest BCUT2D eigenvalue weighted by Crippen LogP contribution is 2.33. The molecule has 0 unspecified atom stereocenters. The second kappa shape index (κ2) is 7.56. The number of hydrogen-bond donors (Lipinski definition) is 1. The molecule has 26 heavy (non-hydrogen) atoms. The highest BCUT2D eigenvalue weighted by molar-refractivity contribution is 7.89. The van der Waals surface area contributed by atoms with E-state index in [0.717, 1.165) is 29.8 Å². The van der Waals surface area contributed by atoms with Gasteiger partial charge >= 0.3 is 6.18 Å². The Morgan fingerprint density at radius 1 is 0.962 bits per heavy atom. The number of alkyl halides is 3. The molecule has 1 aliphatic rings. The smallest absolute Gasteiger partial charge is 0.326 e. The number of hydrogen-bond acceptors (Lipinski definition) is 3. The summed E-state index contributed by atoms with van der Waals surface area (Å²) in [6.07, 6.45) is -4.50. The van der Waals surface area contributed by atoms with Crippen molar-refractivity contribution in [1.82, 2.24) is 4.31 Å². The van der Waals surface area contributed by atoms with Crippen molar-refractivity contribution in [3.05, 3.63) is 65.7 Å². The van der Waals surface area contributed by atoms with Gasteiger partial charge in [-0.1, -0.05) is 30.3 Å². The summed E-state index contributed by atoms with van der Waals surface area (Å²) in [5.41, 5.74) is 6.16. The molecule has 0 bridgehead atoms. The normalized spacial score (nSPS) is 21.4. The first kappa shape index (κ1) is 20.7. The maximum absolute atomic E-state index is 12.7. The van der Waals surface area contributed by atoms with Crippen LogP contribution in [-0.2, 0) is 16.2 Å². The summed E-state index contributed by atoms with van der Waals surface area (Å²) in [4.78, 5) is -0.165. The van der Waals surface area contributed by atoms with Crippen LogP contribution >= 0.6 is 12.4 Å². The summed E-state index contributed by atoms with van der Waals surface area (Å²) < 4.78 is 64.5. The van der Waals surface area contributed by atoms with Crippen molar-refractivity contribution in [1.29, 1.82) is 0 Å². The van der Waals surface area contributed by atoms with E-state index in [1.165, 1.54) is 4.31 Å². The highest BCUT2D eigenvalue weighted by Gasteiger charge is 2.38. The summed E-state index contributed by atoms with van der Waals surface area (Å²) in [5.74, 6) is -0.148. The van der Waals surface area contributed by atoms with E-state index in [1.54, 1.807) is 0 Å². The van der Waals surface area contributed by atoms with Crippen LogP contribution in [0.1, 0.15) is 17.0 Å². The van der Waals surface area contributed by atoms with E-state index < -0.39 is 21.8 Å². The first-order valence-corrected chi connectivity index (χ1v) is 9.11. The second-order valence-electron chi connectivity index (χ2n) is 6.03. The van der Waals surface area contributed by atoms with Crippen molar-refractivity contribution in [2.45, 2.75) is 23.0 Å². The Labute approximate surface area is 156 Å². The van der Waals surface area contributed by atoms with E-state index >= 15 is 0 Å². The molecule has 0 amide bonds. The topological polar surface area (TPSA) is 63.4 Å². The maximum Gasteiger partial charge on any atom is 0.416 e. The molecule has 0 radical (unpaired) electrons. The molecule has 0 spiro atoms. The summed E-state index contributed by atoms with van der Waals surface area (Å²) in [6.45, 7) is 0.331. The Morgan fingerprint density at radius 2 is 1.54 bits per heavy atom. The van der Waals surface area contributed by atoms with Gasteiger partial charge < -0.3 is 5.73 Å². The molecule has 0 aromatic heterocycles. The van der Waals surface area contributed by atoms with Crippen LogP contribution in [0.25, 0.3) is 0 Å². The van der Waals surface area contributed by atoms with E-state index in [1.807, 2.05) is 30.3 Å². The summed E-state index contributed by atoms with van der Waals surface area (Å²) in [6, 6.07) is 12.5. The summed E-state index contributed by atoms with van der Waals surface area (Å²) in [5, 5.41) is 0. The van der Waals surface area contributed by atoms with Crippen molar-refractivity contribution < 1.29 is 21.6 Å². The van der Waals surface area contributed by atoms with Gasteiger partial charge in [-0.25, -0.2) is 8.42 Å². The lowest BCUT2D eigenvalue weighted by Crippen LogP contribution is -2.32. The zero-order chi connectivity index (χ0) is 18.2.